The fourth-order valence-corrected chi connectivity index (χ4v) is 1.13. The fraction of sp³-hybridized carbons (Fsp3) is 0.900. The van der Waals surface area contributed by atoms with Gasteiger partial charge in [-0.2, -0.15) is 0 Å². The van der Waals surface area contributed by atoms with Gasteiger partial charge in [-0.15, -0.1) is 0 Å². The number of nitrogens with zero attached hydrogens (tertiary/aromatic N) is 1. The van der Waals surface area contributed by atoms with E-state index in [1.54, 1.807) is 18.7 Å². The Morgan fingerprint density at radius 3 is 2.36 bits per heavy atom. The molecule has 0 heterocycles. The van der Waals surface area contributed by atoms with E-state index in [4.69, 9.17) is 10.5 Å². The van der Waals surface area contributed by atoms with Gasteiger partial charge in [0.2, 0.25) is 5.91 Å². The molecule has 0 aliphatic carbocycles. The van der Waals surface area contributed by atoms with Gasteiger partial charge in [0.25, 0.3) is 0 Å². The van der Waals surface area contributed by atoms with E-state index in [1.807, 2.05) is 13.8 Å². The highest BCUT2D eigenvalue weighted by atomic mass is 16.5. The smallest absolute Gasteiger partial charge is 0.242 e. The Hall–Kier alpha value is -0.610. The summed E-state index contributed by atoms with van der Waals surface area (Å²) in [5, 5.41) is 0. The predicted molar refractivity (Wildman–Crippen MR) is 57.0 cm³/mol. The largest absolute Gasteiger partial charge is 0.380 e. The van der Waals surface area contributed by atoms with Crippen LogP contribution in [0.25, 0.3) is 0 Å². The third kappa shape index (κ3) is 4.58. The second-order valence-electron chi connectivity index (χ2n) is 3.80. The second-order valence-corrected chi connectivity index (χ2v) is 3.80. The molecular formula is C10H22N2O2. The molecule has 0 saturated carbocycles. The molecule has 0 aliphatic rings. The van der Waals surface area contributed by atoms with Crippen LogP contribution < -0.4 is 5.73 Å². The summed E-state index contributed by atoms with van der Waals surface area (Å²) in [6.45, 7) is 9.86. The average molecular weight is 202 g/mol. The van der Waals surface area contributed by atoms with Crippen LogP contribution in [0.5, 0.6) is 0 Å². The molecular weight excluding hydrogens is 180 g/mol. The van der Waals surface area contributed by atoms with E-state index in [-0.39, 0.29) is 5.91 Å². The quantitative estimate of drug-likeness (QED) is 0.642. The normalized spacial score (nSPS) is 11.5. The van der Waals surface area contributed by atoms with Crippen molar-refractivity contribution in [2.75, 3.05) is 26.3 Å². The molecule has 4 nitrogen and oxygen atoms in total. The Balaban J connectivity index is 4.07. The molecule has 0 radical (unpaired) electrons. The number of likely N-dealkylation sites (N-methyl/N-ethyl adjacent to an activating group) is 1. The van der Waals surface area contributed by atoms with Crippen LogP contribution in [0, 0.1) is 0 Å². The van der Waals surface area contributed by atoms with Gasteiger partial charge in [0.05, 0.1) is 12.1 Å². The Bertz CT molecular complexity index is 175. The minimum atomic E-state index is -0.789. The molecule has 4 heteroatoms. The van der Waals surface area contributed by atoms with Gasteiger partial charge in [-0.1, -0.05) is 0 Å². The van der Waals surface area contributed by atoms with Gasteiger partial charge >= 0.3 is 0 Å². The molecule has 0 saturated heterocycles. The zero-order chi connectivity index (χ0) is 11.2. The first kappa shape index (κ1) is 13.4. The summed E-state index contributed by atoms with van der Waals surface area (Å²) < 4.78 is 5.19. The predicted octanol–water partition coefficient (Wildman–Crippen LogP) is 0.609. The molecule has 0 atom stereocenters. The van der Waals surface area contributed by atoms with Gasteiger partial charge in [0.1, 0.15) is 0 Å². The molecule has 0 fully saturated rings. The first-order chi connectivity index (χ1) is 6.43. The summed E-state index contributed by atoms with van der Waals surface area (Å²) in [6.07, 6.45) is 0. The van der Waals surface area contributed by atoms with Crippen molar-refractivity contribution in [2.24, 2.45) is 5.73 Å². The molecule has 0 rings (SSSR count). The van der Waals surface area contributed by atoms with Gasteiger partial charge < -0.3 is 15.4 Å². The van der Waals surface area contributed by atoms with Crippen LogP contribution in [0.15, 0.2) is 0 Å². The lowest BCUT2D eigenvalue weighted by atomic mass is 10.1. The Morgan fingerprint density at radius 2 is 2.00 bits per heavy atom. The first-order valence-corrected chi connectivity index (χ1v) is 5.09. The summed E-state index contributed by atoms with van der Waals surface area (Å²) >= 11 is 0. The highest BCUT2D eigenvalue weighted by Gasteiger charge is 2.26. The molecule has 0 bridgehead atoms. The molecule has 0 aromatic carbocycles. The topological polar surface area (TPSA) is 55.6 Å². The van der Waals surface area contributed by atoms with Crippen molar-refractivity contribution < 1.29 is 9.53 Å². The number of carbonyl (C=O) groups is 1. The van der Waals surface area contributed by atoms with Crippen molar-refractivity contribution in [2.45, 2.75) is 33.2 Å². The Morgan fingerprint density at radius 1 is 1.43 bits per heavy atom. The van der Waals surface area contributed by atoms with E-state index >= 15 is 0 Å². The molecule has 2 N–H and O–H groups in total. The van der Waals surface area contributed by atoms with Gasteiger partial charge in [0, 0.05) is 19.7 Å². The van der Waals surface area contributed by atoms with E-state index in [1.165, 1.54) is 0 Å². The van der Waals surface area contributed by atoms with E-state index < -0.39 is 5.54 Å². The summed E-state index contributed by atoms with van der Waals surface area (Å²) in [7, 11) is 0. The summed E-state index contributed by atoms with van der Waals surface area (Å²) in [6, 6.07) is 0. The number of ether oxygens (including phenoxy) is 1. The van der Waals surface area contributed by atoms with E-state index in [0.717, 1.165) is 0 Å². The summed E-state index contributed by atoms with van der Waals surface area (Å²) in [5.74, 6) is -0.0281. The molecule has 0 aliphatic heterocycles. The van der Waals surface area contributed by atoms with Crippen LogP contribution in [-0.2, 0) is 9.53 Å². The lowest BCUT2D eigenvalue weighted by molar-refractivity contribution is -0.136. The van der Waals surface area contributed by atoms with E-state index in [9.17, 15) is 4.79 Å². The number of hydrogen-bond acceptors (Lipinski definition) is 3. The van der Waals surface area contributed by atoms with Crippen molar-refractivity contribution >= 4 is 5.91 Å². The zero-order valence-electron chi connectivity index (χ0n) is 9.67. The Kier molecular flexibility index (Phi) is 5.72. The van der Waals surface area contributed by atoms with Crippen molar-refractivity contribution in [1.29, 1.82) is 0 Å². The van der Waals surface area contributed by atoms with Crippen LogP contribution in [0.4, 0.5) is 0 Å². The van der Waals surface area contributed by atoms with E-state index in [2.05, 4.69) is 0 Å². The minimum absolute atomic E-state index is 0.0281. The van der Waals surface area contributed by atoms with Gasteiger partial charge in [-0.05, 0) is 27.7 Å². The van der Waals surface area contributed by atoms with Crippen LogP contribution >= 0.6 is 0 Å². The molecule has 0 aromatic heterocycles. The van der Waals surface area contributed by atoms with Gasteiger partial charge in [0.15, 0.2) is 0 Å². The number of nitrogens with two attached hydrogens (primary N) is 1. The zero-order valence-corrected chi connectivity index (χ0v) is 9.67. The van der Waals surface area contributed by atoms with E-state index in [0.29, 0.717) is 26.3 Å². The molecule has 1 amide bonds. The highest BCUT2D eigenvalue weighted by Crippen LogP contribution is 2.03. The Labute approximate surface area is 86.4 Å². The van der Waals surface area contributed by atoms with Crippen LogP contribution in [-0.4, -0.2) is 42.6 Å². The SMILES string of the molecule is CCOCCN(CC)C(=O)C(C)(C)N. The first-order valence-electron chi connectivity index (χ1n) is 5.09. The maximum atomic E-state index is 11.7. The lowest BCUT2D eigenvalue weighted by Crippen LogP contribution is -2.51. The molecule has 0 aromatic rings. The standard InChI is InChI=1S/C10H22N2O2/c1-5-12(7-8-14-6-2)9(13)10(3,4)11/h5-8,11H2,1-4H3. The second kappa shape index (κ2) is 5.98. The molecule has 0 spiro atoms. The van der Waals surface area contributed by atoms with Crippen molar-refractivity contribution in [3.8, 4) is 0 Å². The summed E-state index contributed by atoms with van der Waals surface area (Å²) in [5.41, 5.74) is 4.94. The van der Waals surface area contributed by atoms with Gasteiger partial charge in [-0.25, -0.2) is 0 Å². The molecule has 0 unspecified atom stereocenters. The molecule has 84 valence electrons. The van der Waals surface area contributed by atoms with Crippen molar-refractivity contribution in [1.82, 2.24) is 4.90 Å². The third-order valence-electron chi connectivity index (χ3n) is 1.93. The maximum absolute atomic E-state index is 11.7. The highest BCUT2D eigenvalue weighted by molar-refractivity contribution is 5.85. The van der Waals surface area contributed by atoms with Crippen LogP contribution in [0.3, 0.4) is 0 Å². The van der Waals surface area contributed by atoms with Crippen molar-refractivity contribution in [3.63, 3.8) is 0 Å². The monoisotopic (exact) mass is 202 g/mol. The minimum Gasteiger partial charge on any atom is -0.380 e. The number of hydrogen-bond donors (Lipinski definition) is 1. The number of amides is 1. The fourth-order valence-electron chi connectivity index (χ4n) is 1.13. The number of rotatable bonds is 6. The average Bonchev–Trinajstić information content (AvgIpc) is 2.10. The maximum Gasteiger partial charge on any atom is 0.242 e. The summed E-state index contributed by atoms with van der Waals surface area (Å²) in [4.78, 5) is 13.5. The third-order valence-corrected chi connectivity index (χ3v) is 1.93. The lowest BCUT2D eigenvalue weighted by Gasteiger charge is -2.28. The number of carbonyl (C=O) groups excluding carboxylic acids is 1. The molecule has 14 heavy (non-hydrogen) atoms. The van der Waals surface area contributed by atoms with Gasteiger partial charge in [-0.3, -0.25) is 4.79 Å². The van der Waals surface area contributed by atoms with Crippen LogP contribution in [0.2, 0.25) is 0 Å². The van der Waals surface area contributed by atoms with Crippen molar-refractivity contribution in [3.05, 3.63) is 0 Å². The van der Waals surface area contributed by atoms with Crippen LogP contribution in [0.1, 0.15) is 27.7 Å².